The van der Waals surface area contributed by atoms with E-state index in [9.17, 15) is 0 Å². The van der Waals surface area contributed by atoms with Crippen LogP contribution in [0.4, 0.5) is 0 Å². The molecule has 32 heavy (non-hydrogen) atoms. The third-order valence-corrected chi connectivity index (χ3v) is 5.96. The highest BCUT2D eigenvalue weighted by atomic mass is 35.5. The molecule has 172 valence electrons. The van der Waals surface area contributed by atoms with Crippen molar-refractivity contribution in [3.63, 3.8) is 0 Å². The molecule has 0 aliphatic heterocycles. The molecular weight excluding hydrogens is 418 g/mol. The molecule has 0 aliphatic rings. The van der Waals surface area contributed by atoms with Gasteiger partial charge in [-0.25, -0.2) is 4.68 Å². The first kappa shape index (κ1) is 24.3. The van der Waals surface area contributed by atoms with Gasteiger partial charge in [0.25, 0.3) is 0 Å². The average Bonchev–Trinajstić information content (AvgIpc) is 3.25. The molecule has 0 aliphatic carbocycles. The highest BCUT2D eigenvalue weighted by Gasteiger charge is 2.12. The number of nitrogens with one attached hydrogen (secondary N) is 1. The molecule has 0 saturated carbocycles. The van der Waals surface area contributed by atoms with Crippen molar-refractivity contribution in [2.45, 2.75) is 58.3 Å². The monoisotopic (exact) mass is 453 g/mol. The molecule has 1 aromatic heterocycles. The summed E-state index contributed by atoms with van der Waals surface area (Å²) in [6.07, 6.45) is 10.1. The van der Waals surface area contributed by atoms with Crippen LogP contribution in [0.2, 0.25) is 5.02 Å². The van der Waals surface area contributed by atoms with Crippen molar-refractivity contribution in [3.05, 3.63) is 65.3 Å². The van der Waals surface area contributed by atoms with Crippen molar-refractivity contribution < 1.29 is 4.74 Å². The Hall–Kier alpha value is -2.30. The Balaban J connectivity index is 1.58. The van der Waals surface area contributed by atoms with Crippen LogP contribution in [0.15, 0.2) is 54.6 Å². The summed E-state index contributed by atoms with van der Waals surface area (Å²) in [7, 11) is 1.68. The number of ether oxygens (including phenoxy) is 1. The minimum absolute atomic E-state index is 0.737. The normalized spacial score (nSPS) is 11.1. The third kappa shape index (κ3) is 7.39. The first-order chi connectivity index (χ1) is 15.7. The van der Waals surface area contributed by atoms with Crippen molar-refractivity contribution in [3.8, 4) is 22.7 Å². The Morgan fingerprint density at radius 3 is 2.28 bits per heavy atom. The van der Waals surface area contributed by atoms with E-state index < -0.39 is 0 Å². The van der Waals surface area contributed by atoms with E-state index in [0.717, 1.165) is 59.3 Å². The lowest BCUT2D eigenvalue weighted by atomic mass is 10.1. The van der Waals surface area contributed by atoms with Gasteiger partial charge in [0.15, 0.2) is 0 Å². The van der Waals surface area contributed by atoms with Crippen LogP contribution in [-0.2, 0) is 6.42 Å². The van der Waals surface area contributed by atoms with E-state index in [2.05, 4.69) is 18.3 Å². The van der Waals surface area contributed by atoms with E-state index >= 15 is 0 Å². The Kier molecular flexibility index (Phi) is 10.1. The van der Waals surface area contributed by atoms with E-state index in [-0.39, 0.29) is 0 Å². The fourth-order valence-corrected chi connectivity index (χ4v) is 3.97. The molecule has 0 atom stereocenters. The largest absolute Gasteiger partial charge is 0.497 e. The van der Waals surface area contributed by atoms with Crippen molar-refractivity contribution >= 4 is 11.6 Å². The number of benzene rings is 2. The molecule has 3 aromatic rings. The molecule has 1 N–H and O–H groups in total. The Morgan fingerprint density at radius 1 is 0.875 bits per heavy atom. The molecule has 1 heterocycles. The summed E-state index contributed by atoms with van der Waals surface area (Å²) < 4.78 is 7.32. The van der Waals surface area contributed by atoms with Crippen LogP contribution >= 0.6 is 11.6 Å². The Labute approximate surface area is 197 Å². The summed E-state index contributed by atoms with van der Waals surface area (Å²) in [5, 5.41) is 9.25. The topological polar surface area (TPSA) is 39.1 Å². The quantitative estimate of drug-likeness (QED) is 0.265. The predicted molar refractivity (Wildman–Crippen MR) is 135 cm³/mol. The minimum Gasteiger partial charge on any atom is -0.497 e. The summed E-state index contributed by atoms with van der Waals surface area (Å²) >= 11 is 6.10. The van der Waals surface area contributed by atoms with Gasteiger partial charge in [-0.15, -0.1) is 0 Å². The van der Waals surface area contributed by atoms with E-state index in [4.69, 9.17) is 21.4 Å². The maximum Gasteiger partial charge on any atom is 0.119 e. The number of hydrogen-bond donors (Lipinski definition) is 1. The molecule has 2 aromatic carbocycles. The summed E-state index contributed by atoms with van der Waals surface area (Å²) in [6.45, 7) is 4.41. The van der Waals surface area contributed by atoms with Crippen LogP contribution in [0.3, 0.4) is 0 Å². The van der Waals surface area contributed by atoms with Gasteiger partial charge in [-0.2, -0.15) is 5.10 Å². The zero-order valence-electron chi connectivity index (χ0n) is 19.4. The van der Waals surface area contributed by atoms with Gasteiger partial charge < -0.3 is 10.1 Å². The average molecular weight is 454 g/mol. The lowest BCUT2D eigenvalue weighted by Crippen LogP contribution is -2.17. The zero-order chi connectivity index (χ0) is 22.6. The number of aryl methyl sites for hydroxylation is 1. The van der Waals surface area contributed by atoms with Gasteiger partial charge in [-0.3, -0.25) is 0 Å². The van der Waals surface area contributed by atoms with Crippen LogP contribution in [0.1, 0.15) is 57.6 Å². The van der Waals surface area contributed by atoms with Gasteiger partial charge in [0.2, 0.25) is 0 Å². The lowest BCUT2D eigenvalue weighted by molar-refractivity contribution is 0.414. The molecular formula is C27H36ClN3O. The molecule has 3 rings (SSSR count). The minimum atomic E-state index is 0.737. The molecule has 0 bridgehead atoms. The van der Waals surface area contributed by atoms with Crippen molar-refractivity contribution in [1.29, 1.82) is 0 Å². The number of rotatable bonds is 14. The van der Waals surface area contributed by atoms with Crippen LogP contribution < -0.4 is 10.1 Å². The van der Waals surface area contributed by atoms with Crippen LogP contribution in [0.25, 0.3) is 16.9 Å². The maximum atomic E-state index is 6.10. The van der Waals surface area contributed by atoms with Gasteiger partial charge >= 0.3 is 0 Å². The van der Waals surface area contributed by atoms with Gasteiger partial charge in [-0.1, -0.05) is 62.8 Å². The molecule has 4 nitrogen and oxygen atoms in total. The first-order valence-corrected chi connectivity index (χ1v) is 12.3. The number of methoxy groups -OCH3 is 1. The van der Waals surface area contributed by atoms with E-state index in [0.29, 0.717) is 0 Å². The standard InChI is InChI=1S/C27H36ClN3O/c1-3-4-5-6-7-8-19-29-20-9-10-24-21-27(22-11-13-23(28)14-12-22)31(30-24)25-15-17-26(32-2)18-16-25/h11-18,21,29H,3-10,19-20H2,1-2H3. The number of aromatic nitrogens is 2. The second-order valence-corrected chi connectivity index (χ2v) is 8.70. The maximum absolute atomic E-state index is 6.10. The van der Waals surface area contributed by atoms with Crippen LogP contribution in [-0.4, -0.2) is 30.0 Å². The van der Waals surface area contributed by atoms with E-state index in [1.165, 1.54) is 38.5 Å². The zero-order valence-corrected chi connectivity index (χ0v) is 20.2. The molecule has 0 unspecified atom stereocenters. The van der Waals surface area contributed by atoms with Crippen molar-refractivity contribution in [1.82, 2.24) is 15.1 Å². The van der Waals surface area contributed by atoms with Crippen LogP contribution in [0.5, 0.6) is 5.75 Å². The molecule has 5 heteroatoms. The second-order valence-electron chi connectivity index (χ2n) is 8.26. The smallest absolute Gasteiger partial charge is 0.119 e. The molecule has 0 amide bonds. The Morgan fingerprint density at radius 2 is 1.56 bits per heavy atom. The predicted octanol–water partition coefficient (Wildman–Crippen LogP) is 7.08. The lowest BCUT2D eigenvalue weighted by Gasteiger charge is -2.08. The number of nitrogens with zero attached hydrogens (tertiary/aromatic N) is 2. The molecule has 0 radical (unpaired) electrons. The molecule has 0 saturated heterocycles. The number of unbranched alkanes of at least 4 members (excludes halogenated alkanes) is 5. The highest BCUT2D eigenvalue weighted by Crippen LogP contribution is 2.27. The number of hydrogen-bond acceptors (Lipinski definition) is 3. The van der Waals surface area contributed by atoms with Crippen LogP contribution in [0, 0.1) is 0 Å². The van der Waals surface area contributed by atoms with Gasteiger partial charge in [0, 0.05) is 10.6 Å². The summed E-state index contributed by atoms with van der Waals surface area (Å²) in [6, 6.07) is 18.1. The van der Waals surface area contributed by atoms with Gasteiger partial charge in [0.05, 0.1) is 24.2 Å². The number of halogens is 1. The fraction of sp³-hybridized carbons (Fsp3) is 0.444. The fourth-order valence-electron chi connectivity index (χ4n) is 3.85. The molecule has 0 fully saturated rings. The Bertz CT molecular complexity index is 919. The molecule has 0 spiro atoms. The summed E-state index contributed by atoms with van der Waals surface area (Å²) in [5.74, 6) is 0.839. The summed E-state index contributed by atoms with van der Waals surface area (Å²) in [4.78, 5) is 0. The van der Waals surface area contributed by atoms with E-state index in [1.807, 2.05) is 53.2 Å². The third-order valence-electron chi connectivity index (χ3n) is 5.71. The summed E-state index contributed by atoms with van der Waals surface area (Å²) in [5.41, 5.74) is 4.29. The highest BCUT2D eigenvalue weighted by molar-refractivity contribution is 6.30. The van der Waals surface area contributed by atoms with Crippen molar-refractivity contribution in [2.75, 3.05) is 20.2 Å². The first-order valence-electron chi connectivity index (χ1n) is 11.9. The van der Waals surface area contributed by atoms with Gasteiger partial charge in [0.1, 0.15) is 5.75 Å². The van der Waals surface area contributed by atoms with Crippen molar-refractivity contribution in [2.24, 2.45) is 0 Å². The van der Waals surface area contributed by atoms with E-state index in [1.54, 1.807) is 7.11 Å². The van der Waals surface area contributed by atoms with Gasteiger partial charge in [-0.05, 0) is 74.8 Å². The SMILES string of the molecule is CCCCCCCCNCCCc1cc(-c2ccc(Cl)cc2)n(-c2ccc(OC)cc2)n1. The second kappa shape index (κ2) is 13.3.